The molecule has 4 aromatic rings. The Kier molecular flexibility index (Phi) is 6.43. The van der Waals surface area contributed by atoms with E-state index >= 15 is 0 Å². The molecule has 0 aliphatic carbocycles. The normalized spacial score (nSPS) is 11.2. The SMILES string of the molecule is Cc1ccc(C(=O)NC(=Cc2cn(-c3ccccc3)nc2-c2ccccc2)C(=O)NN)cc1. The quantitative estimate of drug-likeness (QED) is 0.186. The molecule has 2 amide bonds. The number of rotatable bonds is 6. The lowest BCUT2D eigenvalue weighted by atomic mass is 10.1. The number of amides is 2. The van der Waals surface area contributed by atoms with Gasteiger partial charge in [-0.1, -0.05) is 66.2 Å². The van der Waals surface area contributed by atoms with Crippen LogP contribution in [-0.2, 0) is 4.79 Å². The Bertz CT molecular complexity index is 1290. The summed E-state index contributed by atoms with van der Waals surface area (Å²) in [5.74, 6) is 4.36. The van der Waals surface area contributed by atoms with Crippen molar-refractivity contribution in [1.29, 1.82) is 0 Å². The van der Waals surface area contributed by atoms with E-state index in [4.69, 9.17) is 10.9 Å². The first-order valence-corrected chi connectivity index (χ1v) is 10.4. The van der Waals surface area contributed by atoms with E-state index < -0.39 is 11.8 Å². The first-order valence-electron chi connectivity index (χ1n) is 10.4. The summed E-state index contributed by atoms with van der Waals surface area (Å²) in [4.78, 5) is 25.3. The predicted molar refractivity (Wildman–Crippen MR) is 128 cm³/mol. The second-order valence-corrected chi connectivity index (χ2v) is 7.43. The van der Waals surface area contributed by atoms with Crippen LogP contribution in [0.15, 0.2) is 96.8 Å². The molecule has 0 unspecified atom stereocenters. The van der Waals surface area contributed by atoms with Gasteiger partial charge in [-0.15, -0.1) is 0 Å². The van der Waals surface area contributed by atoms with E-state index in [-0.39, 0.29) is 5.70 Å². The van der Waals surface area contributed by atoms with Crippen LogP contribution < -0.4 is 16.6 Å². The Morgan fingerprint density at radius 2 is 1.55 bits per heavy atom. The summed E-state index contributed by atoms with van der Waals surface area (Å²) in [6.45, 7) is 1.93. The van der Waals surface area contributed by atoms with Crippen LogP contribution >= 0.6 is 0 Å². The van der Waals surface area contributed by atoms with Gasteiger partial charge in [0.1, 0.15) is 11.4 Å². The monoisotopic (exact) mass is 437 g/mol. The molecule has 0 radical (unpaired) electrons. The van der Waals surface area contributed by atoms with Crippen molar-refractivity contribution >= 4 is 17.9 Å². The van der Waals surface area contributed by atoms with Crippen molar-refractivity contribution in [2.24, 2.45) is 5.84 Å². The molecule has 0 saturated heterocycles. The highest BCUT2D eigenvalue weighted by Gasteiger charge is 2.17. The van der Waals surface area contributed by atoms with E-state index in [1.807, 2.05) is 79.7 Å². The van der Waals surface area contributed by atoms with Crippen molar-refractivity contribution in [1.82, 2.24) is 20.5 Å². The Balaban J connectivity index is 1.77. The fraction of sp³-hybridized carbons (Fsp3) is 0.0385. The third-order valence-corrected chi connectivity index (χ3v) is 5.05. The molecule has 0 saturated carbocycles. The van der Waals surface area contributed by atoms with Crippen molar-refractivity contribution < 1.29 is 9.59 Å². The van der Waals surface area contributed by atoms with E-state index in [2.05, 4.69) is 10.7 Å². The summed E-state index contributed by atoms with van der Waals surface area (Å²) >= 11 is 0. The number of nitrogens with two attached hydrogens (primary N) is 1. The van der Waals surface area contributed by atoms with Crippen molar-refractivity contribution in [2.45, 2.75) is 6.92 Å². The van der Waals surface area contributed by atoms with Crippen LogP contribution in [0.2, 0.25) is 0 Å². The Hall–Kier alpha value is -4.49. The maximum Gasteiger partial charge on any atom is 0.281 e. The Morgan fingerprint density at radius 3 is 2.18 bits per heavy atom. The molecule has 0 fully saturated rings. The van der Waals surface area contributed by atoms with Crippen LogP contribution in [0, 0.1) is 6.92 Å². The zero-order valence-electron chi connectivity index (χ0n) is 18.0. The van der Waals surface area contributed by atoms with Gasteiger partial charge in [0.15, 0.2) is 0 Å². The second-order valence-electron chi connectivity index (χ2n) is 7.43. The van der Waals surface area contributed by atoms with Gasteiger partial charge in [0.05, 0.1) is 5.69 Å². The summed E-state index contributed by atoms with van der Waals surface area (Å²) in [6.07, 6.45) is 3.38. The zero-order chi connectivity index (χ0) is 23.2. The molecule has 0 bridgehead atoms. The topological polar surface area (TPSA) is 102 Å². The number of benzene rings is 3. The molecule has 1 heterocycles. The standard InChI is InChI=1S/C26H23N5O2/c1-18-12-14-20(15-13-18)25(32)28-23(26(33)29-27)16-21-17-31(22-10-6-3-7-11-22)30-24(21)19-8-4-2-5-9-19/h2-17H,27H2,1H3,(H,28,32)(H,29,33). The van der Waals surface area contributed by atoms with E-state index in [9.17, 15) is 9.59 Å². The number of hydrogen-bond donors (Lipinski definition) is 3. The average molecular weight is 438 g/mol. The average Bonchev–Trinajstić information content (AvgIpc) is 3.28. The van der Waals surface area contributed by atoms with Gasteiger partial charge in [0.2, 0.25) is 0 Å². The van der Waals surface area contributed by atoms with Gasteiger partial charge in [-0.3, -0.25) is 15.0 Å². The maximum absolute atomic E-state index is 12.8. The summed E-state index contributed by atoms with van der Waals surface area (Å²) in [6, 6.07) is 26.3. The molecule has 1 aromatic heterocycles. The number of carbonyl (C=O) groups excluding carboxylic acids is 2. The smallest absolute Gasteiger partial charge is 0.281 e. The van der Waals surface area contributed by atoms with Gasteiger partial charge in [-0.2, -0.15) is 5.10 Å². The van der Waals surface area contributed by atoms with Crippen molar-refractivity contribution in [3.63, 3.8) is 0 Å². The molecule has 164 valence electrons. The predicted octanol–water partition coefficient (Wildman–Crippen LogP) is 3.61. The molecule has 4 rings (SSSR count). The maximum atomic E-state index is 12.8. The highest BCUT2D eigenvalue weighted by atomic mass is 16.2. The number of para-hydroxylation sites is 1. The highest BCUT2D eigenvalue weighted by Crippen LogP contribution is 2.25. The third-order valence-electron chi connectivity index (χ3n) is 5.05. The fourth-order valence-corrected chi connectivity index (χ4v) is 3.32. The van der Waals surface area contributed by atoms with E-state index in [1.54, 1.807) is 29.1 Å². The first kappa shape index (κ1) is 21.7. The minimum atomic E-state index is -0.623. The summed E-state index contributed by atoms with van der Waals surface area (Å²) in [5, 5.41) is 7.41. The van der Waals surface area contributed by atoms with Crippen LogP contribution in [0.3, 0.4) is 0 Å². The second kappa shape index (κ2) is 9.76. The molecular weight excluding hydrogens is 414 g/mol. The summed E-state index contributed by atoms with van der Waals surface area (Å²) in [5.41, 5.74) is 6.61. The van der Waals surface area contributed by atoms with E-state index in [1.165, 1.54) is 0 Å². The molecule has 7 nitrogen and oxygen atoms in total. The van der Waals surface area contributed by atoms with Crippen LogP contribution in [0.4, 0.5) is 0 Å². The minimum Gasteiger partial charge on any atom is -0.317 e. The lowest BCUT2D eigenvalue weighted by Crippen LogP contribution is -2.38. The molecule has 33 heavy (non-hydrogen) atoms. The third kappa shape index (κ3) is 5.06. The van der Waals surface area contributed by atoms with Crippen LogP contribution in [0.25, 0.3) is 23.0 Å². The molecule has 0 aliphatic rings. The lowest BCUT2D eigenvalue weighted by Gasteiger charge is -2.09. The number of hydrogen-bond acceptors (Lipinski definition) is 4. The molecule has 0 aliphatic heterocycles. The van der Waals surface area contributed by atoms with Crippen molar-refractivity contribution in [3.8, 4) is 16.9 Å². The van der Waals surface area contributed by atoms with Gasteiger partial charge in [0, 0.05) is 22.9 Å². The first-order chi connectivity index (χ1) is 16.0. The van der Waals surface area contributed by atoms with Gasteiger partial charge in [0.25, 0.3) is 11.8 Å². The fourth-order valence-electron chi connectivity index (χ4n) is 3.32. The summed E-state index contributed by atoms with van der Waals surface area (Å²) in [7, 11) is 0. The van der Waals surface area contributed by atoms with Gasteiger partial charge >= 0.3 is 0 Å². The molecule has 4 N–H and O–H groups in total. The van der Waals surface area contributed by atoms with Gasteiger partial charge in [-0.25, -0.2) is 10.5 Å². The van der Waals surface area contributed by atoms with Crippen LogP contribution in [-0.4, -0.2) is 21.6 Å². The molecule has 0 spiro atoms. The Morgan fingerprint density at radius 1 is 0.909 bits per heavy atom. The van der Waals surface area contributed by atoms with E-state index in [0.717, 1.165) is 16.8 Å². The van der Waals surface area contributed by atoms with Crippen molar-refractivity contribution in [3.05, 3.63) is 114 Å². The molecule has 7 heteroatoms. The zero-order valence-corrected chi connectivity index (χ0v) is 18.0. The number of carbonyl (C=O) groups is 2. The number of nitrogens with zero attached hydrogens (tertiary/aromatic N) is 2. The number of nitrogens with one attached hydrogen (secondary N) is 2. The Labute approximate surface area is 191 Å². The van der Waals surface area contributed by atoms with Crippen LogP contribution in [0.5, 0.6) is 0 Å². The van der Waals surface area contributed by atoms with Gasteiger partial charge in [-0.05, 0) is 37.3 Å². The number of aromatic nitrogens is 2. The lowest BCUT2D eigenvalue weighted by molar-refractivity contribution is -0.117. The number of hydrazine groups is 1. The molecule has 0 atom stereocenters. The van der Waals surface area contributed by atoms with Crippen molar-refractivity contribution in [2.75, 3.05) is 0 Å². The van der Waals surface area contributed by atoms with Crippen LogP contribution in [0.1, 0.15) is 21.5 Å². The summed E-state index contributed by atoms with van der Waals surface area (Å²) < 4.78 is 1.73. The number of aryl methyl sites for hydroxylation is 1. The van der Waals surface area contributed by atoms with E-state index in [0.29, 0.717) is 16.8 Å². The minimum absolute atomic E-state index is 0.00729. The highest BCUT2D eigenvalue weighted by molar-refractivity contribution is 6.05. The largest absolute Gasteiger partial charge is 0.317 e. The van der Waals surface area contributed by atoms with Gasteiger partial charge < -0.3 is 5.32 Å². The molecular formula is C26H23N5O2. The molecule has 3 aromatic carbocycles.